The lowest BCUT2D eigenvalue weighted by Gasteiger charge is -2.34. The standard InChI is InChI=1S/C27H45N3O4/c1-10-13-19(5)28-24(31)23(21-16-14-20(12-3)15-17-21)30(9)25(32)22(18(4)11-2)29-26(33)34-27(6,7)8/h14-19,22-23H,10-13H2,1-9H3,(H,28,31)(H,29,33). The molecule has 0 heterocycles. The number of nitrogens with one attached hydrogen (secondary N) is 2. The molecule has 0 aliphatic heterocycles. The second kappa shape index (κ2) is 13.4. The van der Waals surface area contributed by atoms with E-state index >= 15 is 0 Å². The van der Waals surface area contributed by atoms with Gasteiger partial charge in [-0.25, -0.2) is 4.79 Å². The van der Waals surface area contributed by atoms with E-state index in [1.54, 1.807) is 27.8 Å². The molecule has 0 radical (unpaired) electrons. The number of likely N-dealkylation sites (N-methyl/N-ethyl adjacent to an activating group) is 1. The molecule has 0 bridgehead atoms. The minimum Gasteiger partial charge on any atom is -0.444 e. The Balaban J connectivity index is 3.29. The predicted molar refractivity (Wildman–Crippen MR) is 136 cm³/mol. The molecule has 7 heteroatoms. The van der Waals surface area contributed by atoms with Gasteiger partial charge in [-0.1, -0.05) is 64.8 Å². The summed E-state index contributed by atoms with van der Waals surface area (Å²) in [7, 11) is 1.62. The van der Waals surface area contributed by atoms with Crippen LogP contribution in [0.2, 0.25) is 0 Å². The minimum atomic E-state index is -0.817. The third-order valence-electron chi connectivity index (χ3n) is 5.95. The third-order valence-corrected chi connectivity index (χ3v) is 5.95. The van der Waals surface area contributed by atoms with Crippen LogP contribution in [0.15, 0.2) is 24.3 Å². The van der Waals surface area contributed by atoms with Crippen molar-refractivity contribution in [3.8, 4) is 0 Å². The maximum atomic E-state index is 13.7. The summed E-state index contributed by atoms with van der Waals surface area (Å²) >= 11 is 0. The molecule has 7 nitrogen and oxygen atoms in total. The van der Waals surface area contributed by atoms with Crippen molar-refractivity contribution in [3.63, 3.8) is 0 Å². The summed E-state index contributed by atoms with van der Waals surface area (Å²) in [5, 5.41) is 5.80. The van der Waals surface area contributed by atoms with E-state index in [1.165, 1.54) is 4.90 Å². The summed E-state index contributed by atoms with van der Waals surface area (Å²) in [6.07, 6.45) is 2.71. The van der Waals surface area contributed by atoms with Crippen LogP contribution < -0.4 is 10.6 Å². The second-order valence-electron chi connectivity index (χ2n) is 10.2. The van der Waals surface area contributed by atoms with Crippen LogP contribution in [0, 0.1) is 5.92 Å². The number of aryl methyl sites for hydroxylation is 1. The molecule has 0 aliphatic rings. The second-order valence-corrected chi connectivity index (χ2v) is 10.2. The molecule has 0 aliphatic carbocycles. The average molecular weight is 476 g/mol. The number of nitrogens with zero attached hydrogens (tertiary/aromatic N) is 1. The molecule has 192 valence electrons. The van der Waals surface area contributed by atoms with Crippen LogP contribution in [0.5, 0.6) is 0 Å². The number of carbonyl (C=O) groups is 3. The molecular weight excluding hydrogens is 430 g/mol. The lowest BCUT2D eigenvalue weighted by Crippen LogP contribution is -2.54. The molecule has 3 amide bonds. The summed E-state index contributed by atoms with van der Waals surface area (Å²) in [6.45, 7) is 15.3. The lowest BCUT2D eigenvalue weighted by molar-refractivity contribution is -0.142. The minimum absolute atomic E-state index is 0.0105. The summed E-state index contributed by atoms with van der Waals surface area (Å²) in [4.78, 5) is 41.0. The van der Waals surface area contributed by atoms with Gasteiger partial charge in [-0.2, -0.15) is 0 Å². The van der Waals surface area contributed by atoms with Gasteiger partial charge >= 0.3 is 6.09 Å². The molecule has 0 spiro atoms. The van der Waals surface area contributed by atoms with E-state index in [9.17, 15) is 14.4 Å². The molecule has 4 unspecified atom stereocenters. The Kier molecular flexibility index (Phi) is 11.6. The number of hydrogen-bond acceptors (Lipinski definition) is 4. The fourth-order valence-corrected chi connectivity index (χ4v) is 3.78. The van der Waals surface area contributed by atoms with Gasteiger partial charge in [-0.05, 0) is 57.6 Å². The number of alkyl carbamates (subject to hydrolysis) is 1. The Bertz CT molecular complexity index is 801. The molecule has 1 rings (SSSR count). The zero-order chi connectivity index (χ0) is 26.1. The monoisotopic (exact) mass is 475 g/mol. The first kappa shape index (κ1) is 29.5. The fourth-order valence-electron chi connectivity index (χ4n) is 3.78. The van der Waals surface area contributed by atoms with Gasteiger partial charge in [0.1, 0.15) is 17.7 Å². The molecule has 2 N–H and O–H groups in total. The molecule has 1 aromatic rings. The number of benzene rings is 1. The number of amides is 3. The van der Waals surface area contributed by atoms with Gasteiger partial charge < -0.3 is 20.3 Å². The van der Waals surface area contributed by atoms with Crippen LogP contribution in [-0.4, -0.2) is 47.5 Å². The highest BCUT2D eigenvalue weighted by molar-refractivity contribution is 5.92. The predicted octanol–water partition coefficient (Wildman–Crippen LogP) is 4.99. The van der Waals surface area contributed by atoms with E-state index in [1.807, 2.05) is 45.0 Å². The highest BCUT2D eigenvalue weighted by atomic mass is 16.6. The lowest BCUT2D eigenvalue weighted by atomic mass is 9.95. The molecular formula is C27H45N3O4. The van der Waals surface area contributed by atoms with Crippen LogP contribution >= 0.6 is 0 Å². The van der Waals surface area contributed by atoms with Crippen molar-refractivity contribution in [1.29, 1.82) is 0 Å². The van der Waals surface area contributed by atoms with Crippen molar-refractivity contribution in [2.24, 2.45) is 5.92 Å². The highest BCUT2D eigenvalue weighted by Crippen LogP contribution is 2.24. The van der Waals surface area contributed by atoms with Gasteiger partial charge in [0.2, 0.25) is 11.8 Å². The maximum Gasteiger partial charge on any atom is 0.408 e. The van der Waals surface area contributed by atoms with Crippen molar-refractivity contribution < 1.29 is 19.1 Å². The third kappa shape index (κ3) is 8.99. The molecule has 4 atom stereocenters. The van der Waals surface area contributed by atoms with Crippen LogP contribution in [0.4, 0.5) is 4.79 Å². The summed E-state index contributed by atoms with van der Waals surface area (Å²) in [5.74, 6) is -0.711. The van der Waals surface area contributed by atoms with E-state index in [4.69, 9.17) is 4.74 Å². The summed E-state index contributed by atoms with van der Waals surface area (Å²) < 4.78 is 5.39. The van der Waals surface area contributed by atoms with Gasteiger partial charge in [-0.3, -0.25) is 9.59 Å². The maximum absolute atomic E-state index is 13.7. The Labute approximate surface area is 206 Å². The normalized spacial score (nSPS) is 15.0. The van der Waals surface area contributed by atoms with E-state index in [-0.39, 0.29) is 23.8 Å². The van der Waals surface area contributed by atoms with Crippen LogP contribution in [-0.2, 0) is 20.7 Å². The summed E-state index contributed by atoms with van der Waals surface area (Å²) in [5.41, 5.74) is 1.20. The van der Waals surface area contributed by atoms with Crippen molar-refractivity contribution in [1.82, 2.24) is 15.5 Å². The van der Waals surface area contributed by atoms with E-state index in [0.29, 0.717) is 6.42 Å². The number of rotatable bonds is 11. The Hall–Kier alpha value is -2.57. The van der Waals surface area contributed by atoms with Crippen molar-refractivity contribution >= 4 is 17.9 Å². The first-order valence-electron chi connectivity index (χ1n) is 12.5. The van der Waals surface area contributed by atoms with Crippen molar-refractivity contribution in [3.05, 3.63) is 35.4 Å². The Morgan fingerprint density at radius 3 is 2.06 bits per heavy atom. The number of hydrogen-bond donors (Lipinski definition) is 2. The van der Waals surface area contributed by atoms with E-state index < -0.39 is 23.8 Å². The molecule has 0 saturated carbocycles. The molecule has 0 saturated heterocycles. The number of carbonyl (C=O) groups excluding carboxylic acids is 3. The topological polar surface area (TPSA) is 87.7 Å². The van der Waals surface area contributed by atoms with E-state index in [2.05, 4.69) is 24.5 Å². The van der Waals surface area contributed by atoms with Gasteiger partial charge in [0.15, 0.2) is 0 Å². The zero-order valence-corrected chi connectivity index (χ0v) is 22.5. The van der Waals surface area contributed by atoms with Crippen LogP contribution in [0.25, 0.3) is 0 Å². The van der Waals surface area contributed by atoms with Crippen LogP contribution in [0.1, 0.15) is 91.8 Å². The molecule has 0 fully saturated rings. The van der Waals surface area contributed by atoms with Gasteiger partial charge in [0.25, 0.3) is 0 Å². The van der Waals surface area contributed by atoms with Gasteiger partial charge in [0, 0.05) is 13.1 Å². The summed E-state index contributed by atoms with van der Waals surface area (Å²) in [6, 6.07) is 6.12. The molecule has 0 aromatic heterocycles. The zero-order valence-electron chi connectivity index (χ0n) is 22.5. The van der Waals surface area contributed by atoms with Crippen molar-refractivity contribution in [2.45, 2.75) is 105 Å². The SMILES string of the molecule is CCCC(C)NC(=O)C(c1ccc(CC)cc1)N(C)C(=O)C(NC(=O)OC(C)(C)C)C(C)CC. The average Bonchev–Trinajstić information content (AvgIpc) is 2.75. The van der Waals surface area contributed by atoms with Gasteiger partial charge in [0.05, 0.1) is 0 Å². The molecule has 1 aromatic carbocycles. The van der Waals surface area contributed by atoms with Gasteiger partial charge in [-0.15, -0.1) is 0 Å². The first-order valence-corrected chi connectivity index (χ1v) is 12.5. The Morgan fingerprint density at radius 1 is 1.00 bits per heavy atom. The first-order chi connectivity index (χ1) is 15.8. The smallest absolute Gasteiger partial charge is 0.408 e. The van der Waals surface area contributed by atoms with Crippen LogP contribution in [0.3, 0.4) is 0 Å². The molecule has 34 heavy (non-hydrogen) atoms. The Morgan fingerprint density at radius 2 is 1.59 bits per heavy atom. The number of ether oxygens (including phenoxy) is 1. The fraction of sp³-hybridized carbons (Fsp3) is 0.667. The quantitative estimate of drug-likeness (QED) is 0.472. The van der Waals surface area contributed by atoms with E-state index in [0.717, 1.165) is 30.4 Å². The largest absolute Gasteiger partial charge is 0.444 e. The highest BCUT2D eigenvalue weighted by Gasteiger charge is 2.36. The van der Waals surface area contributed by atoms with Crippen molar-refractivity contribution in [2.75, 3.05) is 7.05 Å².